The highest BCUT2D eigenvalue weighted by Crippen LogP contribution is 2.23. The van der Waals surface area contributed by atoms with Gasteiger partial charge in [-0.1, -0.05) is 48.4 Å². The Morgan fingerprint density at radius 3 is 2.08 bits per heavy atom. The quantitative estimate of drug-likeness (QED) is 0.485. The minimum Gasteiger partial charge on any atom is -0.478 e. The lowest BCUT2D eigenvalue weighted by Crippen LogP contribution is -2.22. The highest BCUT2D eigenvalue weighted by molar-refractivity contribution is 6.52. The van der Waals surface area contributed by atoms with Crippen LogP contribution < -0.4 is 9.92 Å². The summed E-state index contributed by atoms with van der Waals surface area (Å²) < 4.78 is 68.4. The summed E-state index contributed by atoms with van der Waals surface area (Å²) in [6.07, 6.45) is -1.34. The molecule has 0 saturated carbocycles. The van der Waals surface area contributed by atoms with Gasteiger partial charge < -0.3 is 4.74 Å². The molecule has 0 bridgehead atoms. The van der Waals surface area contributed by atoms with Crippen molar-refractivity contribution in [2.75, 3.05) is 6.61 Å². The average Bonchev–Trinajstić information content (AvgIpc) is 2.57. The molecule has 0 fully saturated rings. The fourth-order valence-corrected chi connectivity index (χ4v) is 4.15. The minimum atomic E-state index is -4.64. The summed E-state index contributed by atoms with van der Waals surface area (Å²) in [5, 5.41) is 0.509. The zero-order valence-electron chi connectivity index (χ0n) is 14.5. The molecule has 0 aromatic heterocycles. The van der Waals surface area contributed by atoms with E-state index in [-0.39, 0.29) is 0 Å². The van der Waals surface area contributed by atoms with Gasteiger partial charge in [-0.05, 0) is 36.6 Å². The number of aryl methyl sites for hydroxylation is 1. The van der Waals surface area contributed by atoms with Gasteiger partial charge in [-0.15, -0.1) is 0 Å². The molecule has 0 N–H and O–H groups in total. The molecule has 0 radical (unpaired) electrons. The SMILES string of the molecule is CCCCc1ccc(C[SiH2]c2cc(F)c(OCC(F)(F)F)c(F)c2)cc1. The Kier molecular flexibility index (Phi) is 7.20. The molecular formula is C19H21F5OSi. The molecule has 0 aliphatic rings. The summed E-state index contributed by atoms with van der Waals surface area (Å²) >= 11 is 0. The van der Waals surface area contributed by atoms with Gasteiger partial charge in [0.1, 0.15) is 0 Å². The maximum atomic E-state index is 13.9. The van der Waals surface area contributed by atoms with E-state index in [0.29, 0.717) is 5.19 Å². The van der Waals surface area contributed by atoms with Crippen LogP contribution in [0.1, 0.15) is 30.9 Å². The number of benzene rings is 2. The number of rotatable bonds is 8. The largest absolute Gasteiger partial charge is 0.478 e. The van der Waals surface area contributed by atoms with Gasteiger partial charge in [0, 0.05) is 0 Å². The molecule has 0 atom stereocenters. The Balaban J connectivity index is 1.97. The second-order valence-corrected chi connectivity index (χ2v) is 8.03. The van der Waals surface area contributed by atoms with E-state index in [1.807, 2.05) is 12.1 Å². The van der Waals surface area contributed by atoms with Crippen LogP contribution in [0.3, 0.4) is 0 Å². The smallest absolute Gasteiger partial charge is 0.422 e. The zero-order chi connectivity index (χ0) is 19.2. The fraction of sp³-hybridized carbons (Fsp3) is 0.368. The molecule has 2 aromatic rings. The van der Waals surface area contributed by atoms with E-state index in [9.17, 15) is 22.0 Å². The number of hydrogen-bond acceptors (Lipinski definition) is 1. The van der Waals surface area contributed by atoms with Gasteiger partial charge in [-0.25, -0.2) is 8.78 Å². The van der Waals surface area contributed by atoms with Crippen LogP contribution in [0.2, 0.25) is 0 Å². The predicted molar refractivity (Wildman–Crippen MR) is 94.8 cm³/mol. The fourth-order valence-electron chi connectivity index (χ4n) is 2.59. The Morgan fingerprint density at radius 1 is 0.962 bits per heavy atom. The maximum Gasteiger partial charge on any atom is 0.422 e. The number of halogens is 5. The molecule has 26 heavy (non-hydrogen) atoms. The summed E-state index contributed by atoms with van der Waals surface area (Å²) in [4.78, 5) is 0. The van der Waals surface area contributed by atoms with Crippen molar-refractivity contribution in [3.63, 3.8) is 0 Å². The van der Waals surface area contributed by atoms with Crippen molar-refractivity contribution in [3.8, 4) is 5.75 Å². The molecular weight excluding hydrogens is 367 g/mol. The Labute approximate surface area is 152 Å². The maximum absolute atomic E-state index is 13.9. The molecule has 142 valence electrons. The van der Waals surface area contributed by atoms with Crippen LogP contribution in [0.4, 0.5) is 22.0 Å². The van der Waals surface area contributed by atoms with Crippen LogP contribution in [0.25, 0.3) is 0 Å². The predicted octanol–water partition coefficient (Wildman–Crippen LogP) is 4.24. The molecule has 0 aliphatic heterocycles. The normalized spacial score (nSPS) is 12.1. The van der Waals surface area contributed by atoms with Gasteiger partial charge in [-0.3, -0.25) is 0 Å². The minimum absolute atomic E-state index is 0.509. The van der Waals surface area contributed by atoms with Crippen LogP contribution >= 0.6 is 0 Å². The molecule has 2 rings (SSSR count). The second-order valence-electron chi connectivity index (χ2n) is 6.21. The van der Waals surface area contributed by atoms with Crippen molar-refractivity contribution in [2.24, 2.45) is 0 Å². The first-order valence-electron chi connectivity index (χ1n) is 8.54. The van der Waals surface area contributed by atoms with Crippen LogP contribution in [0.5, 0.6) is 5.75 Å². The lowest BCUT2D eigenvalue weighted by Gasteiger charge is -2.12. The third-order valence-corrected chi connectivity index (χ3v) is 5.80. The van der Waals surface area contributed by atoms with Gasteiger partial charge in [0.15, 0.2) is 24.0 Å². The Hall–Kier alpha value is -1.89. The average molecular weight is 388 g/mol. The first-order chi connectivity index (χ1) is 12.3. The monoisotopic (exact) mass is 388 g/mol. The summed E-state index contributed by atoms with van der Waals surface area (Å²) in [6, 6.07) is 11.0. The van der Waals surface area contributed by atoms with Crippen molar-refractivity contribution in [2.45, 2.75) is 38.4 Å². The third-order valence-electron chi connectivity index (χ3n) is 3.98. The van der Waals surface area contributed by atoms with Crippen LogP contribution in [-0.4, -0.2) is 22.3 Å². The van der Waals surface area contributed by atoms with Crippen molar-refractivity contribution in [3.05, 3.63) is 59.2 Å². The van der Waals surface area contributed by atoms with E-state index in [1.54, 1.807) is 0 Å². The van der Waals surface area contributed by atoms with Crippen molar-refractivity contribution in [1.82, 2.24) is 0 Å². The van der Waals surface area contributed by atoms with Gasteiger partial charge in [-0.2, -0.15) is 13.2 Å². The van der Waals surface area contributed by atoms with Crippen LogP contribution in [-0.2, 0) is 12.5 Å². The Morgan fingerprint density at radius 2 is 1.54 bits per heavy atom. The Bertz CT molecular complexity index is 690. The molecule has 7 heteroatoms. The lowest BCUT2D eigenvalue weighted by atomic mass is 10.1. The molecule has 1 nitrogen and oxygen atoms in total. The molecule has 0 heterocycles. The number of hydrogen-bond donors (Lipinski definition) is 0. The van der Waals surface area contributed by atoms with E-state index in [1.165, 1.54) is 5.56 Å². The van der Waals surface area contributed by atoms with Gasteiger partial charge in [0.25, 0.3) is 0 Å². The van der Waals surface area contributed by atoms with Crippen LogP contribution in [0.15, 0.2) is 36.4 Å². The zero-order valence-corrected chi connectivity index (χ0v) is 15.9. The van der Waals surface area contributed by atoms with E-state index >= 15 is 0 Å². The van der Waals surface area contributed by atoms with Crippen molar-refractivity contribution < 1.29 is 26.7 Å². The number of unbranched alkanes of at least 4 members (excludes halogenated alkanes) is 1. The van der Waals surface area contributed by atoms with Gasteiger partial charge in [0.05, 0.1) is 9.52 Å². The third kappa shape index (κ3) is 6.44. The van der Waals surface area contributed by atoms with Crippen molar-refractivity contribution >= 4 is 14.7 Å². The van der Waals surface area contributed by atoms with E-state index in [4.69, 9.17) is 0 Å². The van der Waals surface area contributed by atoms with Crippen LogP contribution in [0, 0.1) is 11.6 Å². The van der Waals surface area contributed by atoms with E-state index in [2.05, 4.69) is 23.8 Å². The second kappa shape index (κ2) is 9.16. The molecule has 0 spiro atoms. The molecule has 0 aliphatic carbocycles. The summed E-state index contributed by atoms with van der Waals surface area (Å²) in [7, 11) is -0.996. The molecule has 0 unspecified atom stereocenters. The molecule has 0 amide bonds. The van der Waals surface area contributed by atoms with E-state index < -0.39 is 39.7 Å². The molecule has 2 aromatic carbocycles. The first kappa shape index (κ1) is 20.4. The lowest BCUT2D eigenvalue weighted by molar-refractivity contribution is -0.154. The standard InChI is InChI=1S/C19H21F5OSi/c1-2-3-4-13-5-7-14(8-6-13)11-26-15-9-16(20)18(17(21)10-15)25-12-19(22,23)24/h5-10H,2-4,11-12,26H2,1H3. The summed E-state index contributed by atoms with van der Waals surface area (Å²) in [6.45, 7) is 0.416. The van der Waals surface area contributed by atoms with Gasteiger partial charge in [0.2, 0.25) is 0 Å². The highest BCUT2D eigenvalue weighted by atomic mass is 28.2. The number of alkyl halides is 3. The van der Waals surface area contributed by atoms with Gasteiger partial charge >= 0.3 is 6.18 Å². The summed E-state index contributed by atoms with van der Waals surface area (Å²) in [5.74, 6) is -3.15. The molecule has 0 saturated heterocycles. The van der Waals surface area contributed by atoms with Crippen molar-refractivity contribution in [1.29, 1.82) is 0 Å². The summed E-state index contributed by atoms with van der Waals surface area (Å²) in [5.41, 5.74) is 2.36. The number of ether oxygens (including phenoxy) is 1. The topological polar surface area (TPSA) is 9.23 Å². The highest BCUT2D eigenvalue weighted by Gasteiger charge is 2.29. The first-order valence-corrected chi connectivity index (χ1v) is 10.2. The van der Waals surface area contributed by atoms with E-state index in [0.717, 1.165) is 43.0 Å².